The van der Waals surface area contributed by atoms with E-state index in [1.54, 1.807) is 42.0 Å². The van der Waals surface area contributed by atoms with E-state index < -0.39 is 0 Å². The molecule has 0 aliphatic heterocycles. The van der Waals surface area contributed by atoms with Gasteiger partial charge in [0.1, 0.15) is 0 Å². The zero-order valence-electron chi connectivity index (χ0n) is 11.5. The molecule has 108 valence electrons. The average molecular weight is 328 g/mol. The average Bonchev–Trinajstić information content (AvgIpc) is 2.93. The predicted molar refractivity (Wildman–Crippen MR) is 85.8 cm³/mol. The van der Waals surface area contributed by atoms with Crippen LogP contribution in [0.1, 0.15) is 5.56 Å². The number of hydrogen-bond acceptors (Lipinski definition) is 7. The van der Waals surface area contributed by atoms with Gasteiger partial charge in [0.2, 0.25) is 0 Å². The van der Waals surface area contributed by atoms with Crippen LogP contribution in [-0.4, -0.2) is 36.7 Å². The Morgan fingerprint density at radius 3 is 2.60 bits per heavy atom. The first-order chi connectivity index (χ1) is 9.81. The van der Waals surface area contributed by atoms with Crippen molar-refractivity contribution in [2.24, 2.45) is 0 Å². The zero-order chi connectivity index (χ0) is 14.2. The molecule has 2 aromatic rings. The predicted octanol–water partition coefficient (Wildman–Crippen LogP) is 3.15. The molecule has 7 heteroatoms. The topological polar surface area (TPSA) is 47.0 Å². The van der Waals surface area contributed by atoms with E-state index in [1.807, 2.05) is 6.26 Å². The highest BCUT2D eigenvalue weighted by molar-refractivity contribution is 8.03. The first kappa shape index (κ1) is 15.8. The van der Waals surface area contributed by atoms with E-state index in [1.165, 1.54) is 10.5 Å². The summed E-state index contributed by atoms with van der Waals surface area (Å²) in [5, 5.41) is 11.6. The van der Waals surface area contributed by atoms with Crippen molar-refractivity contribution in [3.63, 3.8) is 0 Å². The van der Waals surface area contributed by atoms with Gasteiger partial charge in [-0.05, 0) is 24.0 Å². The Kier molecular flexibility index (Phi) is 6.81. The summed E-state index contributed by atoms with van der Waals surface area (Å²) in [4.78, 5) is 1.19. The van der Waals surface area contributed by atoms with E-state index in [4.69, 9.17) is 4.74 Å². The van der Waals surface area contributed by atoms with Crippen LogP contribution in [0.4, 0.5) is 0 Å². The SMILES string of the molecule is COCCNCc1ccc(Sc2nnc(SC)s2)cc1. The van der Waals surface area contributed by atoms with Crippen LogP contribution < -0.4 is 5.32 Å². The molecular weight excluding hydrogens is 310 g/mol. The van der Waals surface area contributed by atoms with Crippen molar-refractivity contribution in [2.75, 3.05) is 26.5 Å². The van der Waals surface area contributed by atoms with Crippen LogP contribution in [0, 0.1) is 0 Å². The molecule has 0 saturated carbocycles. The first-order valence-corrected chi connectivity index (χ1v) is 9.01. The van der Waals surface area contributed by atoms with Gasteiger partial charge in [0.25, 0.3) is 0 Å². The molecule has 0 unspecified atom stereocenters. The Bertz CT molecular complexity index is 516. The number of thioether (sulfide) groups is 1. The number of nitrogens with zero attached hydrogens (tertiary/aromatic N) is 2. The van der Waals surface area contributed by atoms with Gasteiger partial charge in [-0.25, -0.2) is 0 Å². The van der Waals surface area contributed by atoms with E-state index in [0.717, 1.165) is 28.4 Å². The molecule has 0 saturated heterocycles. The molecule has 0 amide bonds. The third-order valence-electron chi connectivity index (χ3n) is 2.50. The summed E-state index contributed by atoms with van der Waals surface area (Å²) in [6.07, 6.45) is 2.01. The Morgan fingerprint density at radius 1 is 1.20 bits per heavy atom. The molecule has 1 N–H and O–H groups in total. The fourth-order valence-corrected chi connectivity index (χ4v) is 3.92. The maximum absolute atomic E-state index is 5.00. The summed E-state index contributed by atoms with van der Waals surface area (Å²) in [7, 11) is 1.71. The third-order valence-corrected chi connectivity index (χ3v) is 5.46. The van der Waals surface area contributed by atoms with Crippen molar-refractivity contribution in [3.05, 3.63) is 29.8 Å². The molecule has 0 aliphatic carbocycles. The molecule has 0 aliphatic rings. The van der Waals surface area contributed by atoms with Crippen LogP contribution in [-0.2, 0) is 11.3 Å². The largest absolute Gasteiger partial charge is 0.383 e. The first-order valence-electron chi connectivity index (χ1n) is 6.16. The Labute approximate surface area is 131 Å². The van der Waals surface area contributed by atoms with Crippen LogP contribution in [0.25, 0.3) is 0 Å². The number of hydrogen-bond donors (Lipinski definition) is 1. The van der Waals surface area contributed by atoms with Gasteiger partial charge in [0, 0.05) is 25.1 Å². The summed E-state index contributed by atoms with van der Waals surface area (Å²) in [6.45, 7) is 2.47. The van der Waals surface area contributed by atoms with Gasteiger partial charge in [0.05, 0.1) is 6.61 Å². The van der Waals surface area contributed by atoms with E-state index >= 15 is 0 Å². The minimum Gasteiger partial charge on any atom is -0.383 e. The molecule has 20 heavy (non-hydrogen) atoms. The molecule has 0 fully saturated rings. The smallest absolute Gasteiger partial charge is 0.179 e. The molecule has 1 heterocycles. The second kappa shape index (κ2) is 8.63. The lowest BCUT2D eigenvalue weighted by Gasteiger charge is -2.05. The fourth-order valence-electron chi connectivity index (χ4n) is 1.50. The fraction of sp³-hybridized carbons (Fsp3) is 0.385. The molecule has 1 aromatic carbocycles. The summed E-state index contributed by atoms with van der Waals surface area (Å²) >= 11 is 4.91. The second-order valence-corrected chi connectivity index (χ2v) is 7.31. The van der Waals surface area contributed by atoms with E-state index in [9.17, 15) is 0 Å². The van der Waals surface area contributed by atoms with Gasteiger partial charge >= 0.3 is 0 Å². The summed E-state index contributed by atoms with van der Waals surface area (Å²) in [5.74, 6) is 0. The lowest BCUT2D eigenvalue weighted by atomic mass is 10.2. The summed E-state index contributed by atoms with van der Waals surface area (Å²) in [5.41, 5.74) is 1.27. The van der Waals surface area contributed by atoms with Crippen molar-refractivity contribution in [1.29, 1.82) is 0 Å². The summed E-state index contributed by atoms with van der Waals surface area (Å²) in [6, 6.07) is 8.52. The highest BCUT2D eigenvalue weighted by Gasteiger charge is 2.05. The number of aromatic nitrogens is 2. The van der Waals surface area contributed by atoms with Crippen molar-refractivity contribution in [3.8, 4) is 0 Å². The van der Waals surface area contributed by atoms with Crippen LogP contribution in [0.15, 0.2) is 37.8 Å². The van der Waals surface area contributed by atoms with Crippen molar-refractivity contribution < 1.29 is 4.74 Å². The van der Waals surface area contributed by atoms with Gasteiger partial charge < -0.3 is 10.1 Å². The molecular formula is C13H17N3OS3. The normalized spacial score (nSPS) is 10.9. The number of nitrogens with one attached hydrogen (secondary N) is 1. The maximum atomic E-state index is 5.00. The maximum Gasteiger partial charge on any atom is 0.179 e. The molecule has 1 aromatic heterocycles. The van der Waals surface area contributed by atoms with Gasteiger partial charge in [-0.1, -0.05) is 47.0 Å². The lowest BCUT2D eigenvalue weighted by molar-refractivity contribution is 0.199. The second-order valence-electron chi connectivity index (χ2n) is 3.95. The molecule has 0 atom stereocenters. The molecule has 2 rings (SSSR count). The molecule has 0 bridgehead atoms. The third kappa shape index (κ3) is 5.06. The van der Waals surface area contributed by atoms with Crippen LogP contribution in [0.5, 0.6) is 0 Å². The Hall–Kier alpha value is -0.600. The number of benzene rings is 1. The minimum atomic E-state index is 0.739. The van der Waals surface area contributed by atoms with Gasteiger partial charge in [-0.2, -0.15) is 0 Å². The van der Waals surface area contributed by atoms with Gasteiger partial charge in [-0.15, -0.1) is 10.2 Å². The van der Waals surface area contributed by atoms with Gasteiger partial charge in [0.15, 0.2) is 8.68 Å². The van der Waals surface area contributed by atoms with E-state index in [2.05, 4.69) is 39.8 Å². The van der Waals surface area contributed by atoms with Crippen molar-refractivity contribution in [1.82, 2.24) is 15.5 Å². The quantitative estimate of drug-likeness (QED) is 0.594. The summed E-state index contributed by atoms with van der Waals surface area (Å²) < 4.78 is 6.99. The van der Waals surface area contributed by atoms with Gasteiger partial charge in [-0.3, -0.25) is 0 Å². The highest BCUT2D eigenvalue weighted by atomic mass is 32.2. The van der Waals surface area contributed by atoms with E-state index in [-0.39, 0.29) is 0 Å². The van der Waals surface area contributed by atoms with Crippen LogP contribution in [0.2, 0.25) is 0 Å². The van der Waals surface area contributed by atoms with Crippen molar-refractivity contribution >= 4 is 34.9 Å². The number of rotatable bonds is 8. The van der Waals surface area contributed by atoms with Crippen molar-refractivity contribution in [2.45, 2.75) is 20.1 Å². The number of methoxy groups -OCH3 is 1. The highest BCUT2D eigenvalue weighted by Crippen LogP contribution is 2.32. The monoisotopic (exact) mass is 327 g/mol. The zero-order valence-corrected chi connectivity index (χ0v) is 13.9. The Balaban J connectivity index is 1.84. The Morgan fingerprint density at radius 2 is 1.95 bits per heavy atom. The molecule has 0 radical (unpaired) electrons. The van der Waals surface area contributed by atoms with E-state index in [0.29, 0.717) is 0 Å². The standard InChI is InChI=1S/C13H17N3OS3/c1-17-8-7-14-9-10-3-5-11(6-4-10)19-13-16-15-12(18-2)20-13/h3-6,14H,7-9H2,1-2H3. The van der Waals surface area contributed by atoms with Crippen LogP contribution in [0.3, 0.4) is 0 Å². The number of ether oxygens (including phenoxy) is 1. The lowest BCUT2D eigenvalue weighted by Crippen LogP contribution is -2.18. The molecule has 4 nitrogen and oxygen atoms in total. The van der Waals surface area contributed by atoms with Crippen LogP contribution >= 0.6 is 34.9 Å². The minimum absolute atomic E-state index is 0.739. The molecule has 0 spiro atoms.